The van der Waals surface area contributed by atoms with Crippen LogP contribution in [0.5, 0.6) is 11.5 Å². The molecule has 4 aromatic rings. The number of nitrogens with zero attached hydrogens (tertiary/aromatic N) is 2. The fraction of sp³-hybridized carbons (Fsp3) is 0.0800. The molecule has 1 amide bonds. The van der Waals surface area contributed by atoms with Gasteiger partial charge in [0.15, 0.2) is 0 Å². The Labute approximate surface area is 183 Å². The average molecular weight is 431 g/mol. The van der Waals surface area contributed by atoms with Crippen molar-refractivity contribution in [2.75, 3.05) is 0 Å². The maximum absolute atomic E-state index is 13.4. The van der Waals surface area contributed by atoms with Crippen molar-refractivity contribution in [2.24, 2.45) is 0 Å². The zero-order valence-corrected chi connectivity index (χ0v) is 17.2. The second kappa shape index (κ2) is 9.34. The van der Waals surface area contributed by atoms with Crippen LogP contribution < -0.4 is 10.1 Å². The van der Waals surface area contributed by atoms with Gasteiger partial charge >= 0.3 is 0 Å². The number of amides is 1. The average Bonchev–Trinajstić information content (AvgIpc) is 2.79. The van der Waals surface area contributed by atoms with Crippen LogP contribution in [-0.2, 0) is 6.54 Å². The zero-order valence-electron chi connectivity index (χ0n) is 17.2. The number of carbonyl (C=O) groups is 1. The molecule has 4 rings (SSSR count). The molecule has 0 aliphatic carbocycles. The normalized spacial score (nSPS) is 10.6. The van der Waals surface area contributed by atoms with E-state index in [0.29, 0.717) is 28.2 Å². The Hall–Kier alpha value is -4.13. The fourth-order valence-electron chi connectivity index (χ4n) is 3.24. The molecule has 32 heavy (non-hydrogen) atoms. The molecule has 2 heterocycles. The predicted molar refractivity (Wildman–Crippen MR) is 116 cm³/mol. The molecule has 1 N–H and O–H groups in total. The monoisotopic (exact) mass is 431 g/mol. The van der Waals surface area contributed by atoms with Crippen LogP contribution in [0.1, 0.15) is 21.5 Å². The Morgan fingerprint density at radius 2 is 1.72 bits per heavy atom. The van der Waals surface area contributed by atoms with Gasteiger partial charge in [0.2, 0.25) is 0 Å². The first-order chi connectivity index (χ1) is 15.5. The van der Waals surface area contributed by atoms with Crippen molar-refractivity contribution in [3.05, 3.63) is 108 Å². The molecule has 2 aromatic carbocycles. The molecular formula is C25H19F2N3O2. The van der Waals surface area contributed by atoms with Crippen molar-refractivity contribution in [1.82, 2.24) is 15.3 Å². The number of pyridine rings is 2. The van der Waals surface area contributed by atoms with Gasteiger partial charge in [0.1, 0.15) is 23.1 Å². The molecule has 160 valence electrons. The molecule has 0 fully saturated rings. The largest absolute Gasteiger partial charge is 0.457 e. The van der Waals surface area contributed by atoms with Gasteiger partial charge in [0.05, 0.1) is 5.69 Å². The molecule has 0 aliphatic rings. The van der Waals surface area contributed by atoms with E-state index in [1.165, 1.54) is 12.1 Å². The number of nitrogens with one attached hydrogen (secondary N) is 1. The Balaban J connectivity index is 1.51. The summed E-state index contributed by atoms with van der Waals surface area (Å²) in [6.07, 6.45) is 5.03. The van der Waals surface area contributed by atoms with E-state index in [9.17, 15) is 13.6 Å². The Bertz CT molecular complexity index is 1240. The van der Waals surface area contributed by atoms with E-state index in [4.69, 9.17) is 4.74 Å². The lowest BCUT2D eigenvalue weighted by Crippen LogP contribution is -2.23. The van der Waals surface area contributed by atoms with Gasteiger partial charge in [-0.15, -0.1) is 0 Å². The molecule has 0 atom stereocenters. The summed E-state index contributed by atoms with van der Waals surface area (Å²) in [5.74, 6) is -0.664. The lowest BCUT2D eigenvalue weighted by Gasteiger charge is -2.13. The SMILES string of the molecule is Cc1c(Oc2ccnc(-c3ccncc3)c2)cccc1C(=O)NCc1cc(F)cc(F)c1. The minimum atomic E-state index is -0.690. The molecule has 2 aromatic heterocycles. The number of hydrogen-bond acceptors (Lipinski definition) is 4. The minimum absolute atomic E-state index is 0.00230. The Morgan fingerprint density at radius 1 is 0.969 bits per heavy atom. The summed E-state index contributed by atoms with van der Waals surface area (Å²) >= 11 is 0. The van der Waals surface area contributed by atoms with Crippen LogP contribution in [0.15, 0.2) is 79.3 Å². The summed E-state index contributed by atoms with van der Waals surface area (Å²) in [4.78, 5) is 21.0. The lowest BCUT2D eigenvalue weighted by molar-refractivity contribution is 0.0950. The second-order valence-electron chi connectivity index (χ2n) is 7.10. The maximum atomic E-state index is 13.4. The van der Waals surface area contributed by atoms with E-state index in [0.717, 1.165) is 17.3 Å². The number of carbonyl (C=O) groups excluding carboxylic acids is 1. The Kier molecular flexibility index (Phi) is 6.17. The highest BCUT2D eigenvalue weighted by Gasteiger charge is 2.14. The zero-order chi connectivity index (χ0) is 22.5. The van der Waals surface area contributed by atoms with E-state index in [1.807, 2.05) is 12.1 Å². The van der Waals surface area contributed by atoms with Crippen LogP contribution in [0.2, 0.25) is 0 Å². The van der Waals surface area contributed by atoms with Crippen molar-refractivity contribution in [3.8, 4) is 22.8 Å². The second-order valence-corrected chi connectivity index (χ2v) is 7.10. The number of aromatic nitrogens is 2. The van der Waals surface area contributed by atoms with Crippen LogP contribution in [0.4, 0.5) is 8.78 Å². The van der Waals surface area contributed by atoms with Crippen molar-refractivity contribution in [1.29, 1.82) is 0 Å². The number of ether oxygens (including phenoxy) is 1. The highest BCUT2D eigenvalue weighted by molar-refractivity contribution is 5.96. The predicted octanol–water partition coefficient (Wildman–Crippen LogP) is 5.45. The van der Waals surface area contributed by atoms with Crippen LogP contribution in [0.3, 0.4) is 0 Å². The van der Waals surface area contributed by atoms with E-state index >= 15 is 0 Å². The molecule has 0 aliphatic heterocycles. The third-order valence-corrected chi connectivity index (χ3v) is 4.84. The molecule has 0 saturated carbocycles. The molecule has 7 heteroatoms. The summed E-state index contributed by atoms with van der Waals surface area (Å²) in [6, 6.07) is 15.5. The molecule has 5 nitrogen and oxygen atoms in total. The number of halogens is 2. The molecule has 0 spiro atoms. The highest BCUT2D eigenvalue weighted by Crippen LogP contribution is 2.29. The van der Waals surface area contributed by atoms with Gasteiger partial charge in [-0.05, 0) is 55.0 Å². The third-order valence-electron chi connectivity index (χ3n) is 4.84. The van der Waals surface area contributed by atoms with E-state index in [-0.39, 0.29) is 12.5 Å². The fourth-order valence-corrected chi connectivity index (χ4v) is 3.24. The van der Waals surface area contributed by atoms with Gasteiger partial charge in [0, 0.05) is 54.0 Å². The molecule has 0 unspecified atom stereocenters. The van der Waals surface area contributed by atoms with Gasteiger partial charge in [-0.25, -0.2) is 8.78 Å². The maximum Gasteiger partial charge on any atom is 0.251 e. The van der Waals surface area contributed by atoms with Gasteiger partial charge < -0.3 is 10.1 Å². The smallest absolute Gasteiger partial charge is 0.251 e. The van der Waals surface area contributed by atoms with E-state index in [1.54, 1.807) is 55.8 Å². The van der Waals surface area contributed by atoms with Gasteiger partial charge in [0.25, 0.3) is 5.91 Å². The van der Waals surface area contributed by atoms with Crippen molar-refractivity contribution in [3.63, 3.8) is 0 Å². The molecule has 0 radical (unpaired) electrons. The first-order valence-electron chi connectivity index (χ1n) is 9.87. The topological polar surface area (TPSA) is 64.1 Å². The van der Waals surface area contributed by atoms with Crippen LogP contribution in [0, 0.1) is 18.6 Å². The first-order valence-corrected chi connectivity index (χ1v) is 9.87. The van der Waals surface area contributed by atoms with E-state index < -0.39 is 11.6 Å². The van der Waals surface area contributed by atoms with Crippen LogP contribution in [0.25, 0.3) is 11.3 Å². The number of hydrogen-bond donors (Lipinski definition) is 1. The number of rotatable bonds is 6. The van der Waals surface area contributed by atoms with E-state index in [2.05, 4.69) is 15.3 Å². The molecular weight excluding hydrogens is 412 g/mol. The summed E-state index contributed by atoms with van der Waals surface area (Å²) in [7, 11) is 0. The van der Waals surface area contributed by atoms with Crippen molar-refractivity contribution >= 4 is 5.91 Å². The summed E-state index contributed by atoms with van der Waals surface area (Å²) in [5.41, 5.74) is 3.02. The third kappa shape index (κ3) is 4.95. The van der Waals surface area contributed by atoms with Gasteiger partial charge in [-0.3, -0.25) is 14.8 Å². The van der Waals surface area contributed by atoms with Gasteiger partial charge in [-0.1, -0.05) is 6.07 Å². The summed E-state index contributed by atoms with van der Waals surface area (Å²) in [6.45, 7) is 1.77. The quantitative estimate of drug-likeness (QED) is 0.441. The minimum Gasteiger partial charge on any atom is -0.457 e. The highest BCUT2D eigenvalue weighted by atomic mass is 19.1. The standard InChI is InChI=1S/C25H19F2N3O2/c1-16-22(25(31)30-15-17-11-19(26)13-20(27)12-17)3-2-4-24(16)32-21-7-10-29-23(14-21)18-5-8-28-9-6-18/h2-14H,15H2,1H3,(H,30,31). The first kappa shape index (κ1) is 21.1. The molecule has 0 bridgehead atoms. The van der Waals surface area contributed by atoms with Crippen molar-refractivity contribution < 1.29 is 18.3 Å². The number of benzene rings is 2. The van der Waals surface area contributed by atoms with Crippen LogP contribution in [-0.4, -0.2) is 15.9 Å². The van der Waals surface area contributed by atoms with Crippen LogP contribution >= 0.6 is 0 Å². The summed E-state index contributed by atoms with van der Waals surface area (Å²) in [5, 5.41) is 2.69. The lowest BCUT2D eigenvalue weighted by atomic mass is 10.1. The summed E-state index contributed by atoms with van der Waals surface area (Å²) < 4.78 is 32.7. The van der Waals surface area contributed by atoms with Gasteiger partial charge in [-0.2, -0.15) is 0 Å². The Morgan fingerprint density at radius 3 is 2.47 bits per heavy atom. The molecule has 0 saturated heterocycles. The van der Waals surface area contributed by atoms with Crippen molar-refractivity contribution in [2.45, 2.75) is 13.5 Å².